The molecular weight excluding hydrogens is 592 g/mol. The number of fused-ring (bicyclic) bond motifs is 2. The highest BCUT2D eigenvalue weighted by molar-refractivity contribution is 7.17. The van der Waals surface area contributed by atoms with Crippen LogP contribution < -0.4 is 25.2 Å². The Bertz CT molecular complexity index is 1900. The van der Waals surface area contributed by atoms with Gasteiger partial charge >= 0.3 is 0 Å². The number of hydrogen-bond acceptors (Lipinski definition) is 8. The maximum absolute atomic E-state index is 13.4. The maximum Gasteiger partial charge on any atom is 0.259 e. The Morgan fingerprint density at radius 3 is 2.33 bits per heavy atom. The Labute approximate surface area is 264 Å². The Hall–Kier alpha value is -4.64. The van der Waals surface area contributed by atoms with E-state index in [0.717, 1.165) is 70.1 Å². The van der Waals surface area contributed by atoms with Gasteiger partial charge in [-0.05, 0) is 72.0 Å². The summed E-state index contributed by atoms with van der Waals surface area (Å²) >= 11 is 1.55. The summed E-state index contributed by atoms with van der Waals surface area (Å²) in [7, 11) is 5.13. The van der Waals surface area contributed by atoms with Gasteiger partial charge < -0.3 is 23.8 Å². The normalized spacial score (nSPS) is 18.8. The second-order valence-electron chi connectivity index (χ2n) is 11.9. The third-order valence-electron chi connectivity index (χ3n) is 9.42. The van der Waals surface area contributed by atoms with Crippen LogP contribution in [-0.4, -0.2) is 60.5 Å². The number of piperidine rings is 2. The van der Waals surface area contributed by atoms with Crippen molar-refractivity contribution in [2.24, 2.45) is 7.05 Å². The van der Waals surface area contributed by atoms with Gasteiger partial charge in [-0.15, -0.1) is 11.3 Å². The Balaban J connectivity index is 1.11. The number of aromatic nitrogens is 1. The van der Waals surface area contributed by atoms with E-state index in [1.54, 1.807) is 42.1 Å². The molecule has 1 atom stereocenters. The van der Waals surface area contributed by atoms with E-state index < -0.39 is 11.9 Å². The second kappa shape index (κ2) is 11.4. The van der Waals surface area contributed by atoms with Crippen molar-refractivity contribution in [1.82, 2.24) is 14.8 Å². The number of rotatable bonds is 6. The average Bonchev–Trinajstić information content (AvgIpc) is 3.67. The number of anilines is 1. The third-order valence-corrected chi connectivity index (χ3v) is 10.4. The number of pyridine rings is 1. The van der Waals surface area contributed by atoms with Crippen molar-refractivity contribution in [1.29, 1.82) is 0 Å². The number of thiophene rings is 1. The van der Waals surface area contributed by atoms with E-state index >= 15 is 0 Å². The van der Waals surface area contributed by atoms with Crippen LogP contribution >= 0.6 is 11.3 Å². The minimum Gasteiger partial charge on any atom is -0.496 e. The zero-order valence-electron chi connectivity index (χ0n) is 25.4. The van der Waals surface area contributed by atoms with Crippen molar-refractivity contribution >= 4 is 44.8 Å². The van der Waals surface area contributed by atoms with Crippen molar-refractivity contribution in [3.8, 4) is 22.6 Å². The van der Waals surface area contributed by atoms with Gasteiger partial charge in [0.1, 0.15) is 17.5 Å². The molecule has 4 aromatic rings. The number of nitrogens with one attached hydrogen (secondary N) is 1. The number of carbonyl (C=O) groups excluding carboxylic acids is 3. The van der Waals surface area contributed by atoms with Crippen molar-refractivity contribution in [3.63, 3.8) is 0 Å². The van der Waals surface area contributed by atoms with Crippen molar-refractivity contribution in [2.45, 2.75) is 44.2 Å². The molecular formula is C34H34N4O6S. The zero-order valence-corrected chi connectivity index (χ0v) is 26.2. The molecule has 2 saturated heterocycles. The van der Waals surface area contributed by atoms with Gasteiger partial charge in [0, 0.05) is 66.4 Å². The molecule has 45 heavy (non-hydrogen) atoms. The van der Waals surface area contributed by atoms with E-state index in [2.05, 4.69) is 16.3 Å². The molecule has 3 amide bonds. The van der Waals surface area contributed by atoms with Crippen LogP contribution in [0.3, 0.4) is 0 Å². The topological polar surface area (TPSA) is 110 Å². The molecule has 0 aliphatic carbocycles. The predicted molar refractivity (Wildman–Crippen MR) is 172 cm³/mol. The number of amides is 3. The summed E-state index contributed by atoms with van der Waals surface area (Å²) in [6, 6.07) is 11.3. The molecule has 232 valence electrons. The first-order valence-electron chi connectivity index (χ1n) is 15.1. The van der Waals surface area contributed by atoms with Gasteiger partial charge in [0.05, 0.1) is 19.6 Å². The van der Waals surface area contributed by atoms with Crippen LogP contribution in [0.1, 0.15) is 53.1 Å². The zero-order chi connectivity index (χ0) is 31.4. The summed E-state index contributed by atoms with van der Waals surface area (Å²) in [5.74, 6) is 0.880. The molecule has 0 radical (unpaired) electrons. The summed E-state index contributed by atoms with van der Waals surface area (Å²) in [5.41, 5.74) is 5.42. The second-order valence-corrected chi connectivity index (χ2v) is 12.8. The van der Waals surface area contributed by atoms with E-state index in [-0.39, 0.29) is 29.7 Å². The van der Waals surface area contributed by atoms with Gasteiger partial charge in [-0.25, -0.2) is 0 Å². The van der Waals surface area contributed by atoms with Crippen molar-refractivity contribution in [2.75, 3.05) is 32.2 Å². The van der Waals surface area contributed by atoms with Crippen molar-refractivity contribution in [3.05, 3.63) is 75.0 Å². The van der Waals surface area contributed by atoms with Gasteiger partial charge in [0.2, 0.25) is 11.8 Å². The number of ether oxygens (including phenoxy) is 2. The lowest BCUT2D eigenvalue weighted by Gasteiger charge is -2.35. The van der Waals surface area contributed by atoms with E-state index in [0.29, 0.717) is 23.9 Å². The third kappa shape index (κ3) is 4.95. The van der Waals surface area contributed by atoms with Crippen LogP contribution in [-0.2, 0) is 23.2 Å². The summed E-state index contributed by atoms with van der Waals surface area (Å²) in [5, 5.41) is 5.00. The summed E-state index contributed by atoms with van der Waals surface area (Å²) in [6.45, 7) is 1.95. The molecule has 10 nitrogen and oxygen atoms in total. The molecule has 11 heteroatoms. The largest absolute Gasteiger partial charge is 0.496 e. The molecule has 7 rings (SSSR count). The van der Waals surface area contributed by atoms with Gasteiger partial charge in [-0.3, -0.25) is 24.5 Å². The Morgan fingerprint density at radius 2 is 1.64 bits per heavy atom. The molecule has 2 aromatic heterocycles. The molecule has 0 bridgehead atoms. The number of aryl methyl sites for hydroxylation is 1. The van der Waals surface area contributed by atoms with Crippen LogP contribution in [0.5, 0.6) is 11.5 Å². The smallest absolute Gasteiger partial charge is 0.259 e. The van der Waals surface area contributed by atoms with Gasteiger partial charge in [-0.1, -0.05) is 6.07 Å². The molecule has 2 fully saturated rings. The highest BCUT2D eigenvalue weighted by Gasteiger charge is 2.39. The summed E-state index contributed by atoms with van der Waals surface area (Å²) < 4.78 is 14.5. The lowest BCUT2D eigenvalue weighted by atomic mass is 9.86. The number of imide groups is 1. The van der Waals surface area contributed by atoms with Gasteiger partial charge in [0.15, 0.2) is 0 Å². The van der Waals surface area contributed by atoms with Crippen LogP contribution in [0.4, 0.5) is 5.69 Å². The summed E-state index contributed by atoms with van der Waals surface area (Å²) in [6.07, 6.45) is 4.20. The van der Waals surface area contributed by atoms with E-state index in [4.69, 9.17) is 9.47 Å². The Morgan fingerprint density at radius 1 is 0.911 bits per heavy atom. The molecule has 2 aromatic carbocycles. The number of nitrogens with zero attached hydrogens (tertiary/aromatic N) is 3. The molecule has 0 spiro atoms. The SMILES string of the molecule is COc1cc(-c2cn(C)c(=O)c3ccsc23)cc(OC)c1C1CCN(c2ccc3c(c2)C(=O)N(C2CCC(=O)NC2=O)C3)CC1. The van der Waals surface area contributed by atoms with Gasteiger partial charge in [0.25, 0.3) is 11.5 Å². The number of benzene rings is 2. The fraction of sp³-hybridized carbons (Fsp3) is 0.353. The first-order valence-corrected chi connectivity index (χ1v) is 16.0. The van der Waals surface area contributed by atoms with Crippen LogP contribution in [0.15, 0.2) is 52.8 Å². The quantitative estimate of drug-likeness (QED) is 0.316. The molecule has 0 saturated carbocycles. The van der Waals surface area contributed by atoms with Crippen LogP contribution in [0, 0.1) is 0 Å². The summed E-state index contributed by atoms with van der Waals surface area (Å²) in [4.78, 5) is 53.9. The standard InChI is InChI=1S/C34H34N4O6S/c1-36-18-25(31-23(33(36)41)10-13-45-31)21-14-27(43-2)30(28(15-21)44-3)19-8-11-37(12-9-19)22-5-4-20-17-38(34(42)24(20)16-22)26-6-7-29(39)35-32(26)40/h4-5,10,13-16,18-19,26H,6-9,11-12,17H2,1-3H3,(H,35,39,40). The van der Waals surface area contributed by atoms with Crippen LogP contribution in [0.25, 0.3) is 21.2 Å². The minimum atomic E-state index is -0.622. The molecule has 5 heterocycles. The highest BCUT2D eigenvalue weighted by atomic mass is 32.1. The fourth-order valence-electron chi connectivity index (χ4n) is 7.06. The monoisotopic (exact) mass is 626 g/mol. The molecule has 3 aliphatic heterocycles. The molecule has 1 N–H and O–H groups in total. The maximum atomic E-state index is 13.4. The lowest BCUT2D eigenvalue weighted by molar-refractivity contribution is -0.136. The van der Waals surface area contributed by atoms with Crippen molar-refractivity contribution < 1.29 is 23.9 Å². The molecule has 3 aliphatic rings. The lowest BCUT2D eigenvalue weighted by Crippen LogP contribution is -2.52. The predicted octanol–water partition coefficient (Wildman–Crippen LogP) is 4.43. The first kappa shape index (κ1) is 29.1. The number of hydrogen-bond donors (Lipinski definition) is 1. The highest BCUT2D eigenvalue weighted by Crippen LogP contribution is 2.45. The molecule has 1 unspecified atom stereocenters. The number of carbonyl (C=O) groups is 3. The van der Waals surface area contributed by atoms with E-state index in [9.17, 15) is 19.2 Å². The minimum absolute atomic E-state index is 0.0170. The van der Waals surface area contributed by atoms with E-state index in [1.807, 2.05) is 41.9 Å². The van der Waals surface area contributed by atoms with E-state index in [1.165, 1.54) is 0 Å². The fourth-order valence-corrected chi connectivity index (χ4v) is 7.98. The Kier molecular flexibility index (Phi) is 7.35. The number of methoxy groups -OCH3 is 2. The van der Waals surface area contributed by atoms with Gasteiger partial charge in [-0.2, -0.15) is 0 Å². The first-order chi connectivity index (χ1) is 21.8. The van der Waals surface area contributed by atoms with Crippen LogP contribution in [0.2, 0.25) is 0 Å². The average molecular weight is 627 g/mol.